The van der Waals surface area contributed by atoms with Crippen LogP contribution in [0.15, 0.2) is 48.8 Å². The molecule has 0 aliphatic heterocycles. The predicted molar refractivity (Wildman–Crippen MR) is 88.0 cm³/mol. The molecule has 0 spiro atoms. The van der Waals surface area contributed by atoms with E-state index in [1.54, 1.807) is 24.5 Å². The minimum atomic E-state index is -0.707. The van der Waals surface area contributed by atoms with E-state index in [1.807, 2.05) is 38.1 Å². The number of carbonyl (C=O) groups excluding carboxylic acids is 1. The molecule has 22 heavy (non-hydrogen) atoms. The number of hydrogen-bond donors (Lipinski definition) is 0. The van der Waals surface area contributed by atoms with Crippen molar-refractivity contribution < 1.29 is 9.53 Å². The van der Waals surface area contributed by atoms with Crippen molar-refractivity contribution in [2.24, 2.45) is 0 Å². The Balaban J connectivity index is 1.86. The second-order valence-electron chi connectivity index (χ2n) is 5.73. The molecule has 0 N–H and O–H groups in total. The molecule has 0 saturated heterocycles. The first kappa shape index (κ1) is 16.5. The number of hydrogen-bond acceptors (Lipinski definition) is 3. The lowest BCUT2D eigenvalue weighted by molar-refractivity contribution is -0.149. The van der Waals surface area contributed by atoms with Crippen LogP contribution in [0, 0.1) is 0 Å². The van der Waals surface area contributed by atoms with Gasteiger partial charge in [-0.05, 0) is 62.1 Å². The number of halogens is 1. The summed E-state index contributed by atoms with van der Waals surface area (Å²) < 4.78 is 5.43. The minimum absolute atomic E-state index is 0.232. The largest absolute Gasteiger partial charge is 0.465 e. The molecule has 2 rings (SSSR count). The summed E-state index contributed by atoms with van der Waals surface area (Å²) >= 11 is 5.99. The Bertz CT molecular complexity index is 626. The quantitative estimate of drug-likeness (QED) is 0.592. The van der Waals surface area contributed by atoms with E-state index in [4.69, 9.17) is 16.3 Å². The maximum Gasteiger partial charge on any atom is 0.315 e. The van der Waals surface area contributed by atoms with Crippen molar-refractivity contribution in [3.8, 4) is 0 Å². The molecule has 1 aromatic carbocycles. The van der Waals surface area contributed by atoms with Gasteiger partial charge in [0.05, 0.1) is 12.0 Å². The van der Waals surface area contributed by atoms with Crippen molar-refractivity contribution in [2.45, 2.75) is 32.1 Å². The summed E-state index contributed by atoms with van der Waals surface area (Å²) in [4.78, 5) is 16.3. The lowest BCUT2D eigenvalue weighted by Gasteiger charge is -2.23. The van der Waals surface area contributed by atoms with E-state index in [0.717, 1.165) is 18.4 Å². The number of pyridine rings is 1. The zero-order chi connectivity index (χ0) is 16.0. The number of aromatic nitrogens is 1. The molecule has 116 valence electrons. The van der Waals surface area contributed by atoms with Crippen LogP contribution in [0.3, 0.4) is 0 Å². The third-order valence-corrected chi connectivity index (χ3v) is 3.88. The van der Waals surface area contributed by atoms with Crippen molar-refractivity contribution in [1.82, 2.24) is 4.98 Å². The summed E-state index contributed by atoms with van der Waals surface area (Å²) in [7, 11) is 0. The lowest BCUT2D eigenvalue weighted by Crippen LogP contribution is -2.31. The fraction of sp³-hybridized carbons (Fsp3) is 0.333. The smallest absolute Gasteiger partial charge is 0.315 e. The Morgan fingerprint density at radius 3 is 2.64 bits per heavy atom. The van der Waals surface area contributed by atoms with Crippen LogP contribution in [0.25, 0.3) is 0 Å². The van der Waals surface area contributed by atoms with Gasteiger partial charge in [-0.3, -0.25) is 9.78 Å². The molecule has 2 aromatic rings. The van der Waals surface area contributed by atoms with Gasteiger partial charge in [0.1, 0.15) is 0 Å². The van der Waals surface area contributed by atoms with Crippen molar-refractivity contribution in [3.05, 3.63) is 64.9 Å². The van der Waals surface area contributed by atoms with E-state index in [2.05, 4.69) is 4.98 Å². The van der Waals surface area contributed by atoms with Crippen molar-refractivity contribution in [3.63, 3.8) is 0 Å². The van der Waals surface area contributed by atoms with Crippen molar-refractivity contribution >= 4 is 17.6 Å². The molecule has 1 aromatic heterocycles. The normalized spacial score (nSPS) is 11.2. The van der Waals surface area contributed by atoms with E-state index in [9.17, 15) is 4.79 Å². The Morgan fingerprint density at radius 1 is 1.23 bits per heavy atom. The monoisotopic (exact) mass is 317 g/mol. The van der Waals surface area contributed by atoms with Crippen LogP contribution in [-0.2, 0) is 21.4 Å². The van der Waals surface area contributed by atoms with Crippen LogP contribution >= 0.6 is 11.6 Å². The van der Waals surface area contributed by atoms with Crippen LogP contribution in [-0.4, -0.2) is 17.6 Å². The van der Waals surface area contributed by atoms with E-state index < -0.39 is 5.41 Å². The van der Waals surface area contributed by atoms with Crippen LogP contribution in [0.2, 0.25) is 5.02 Å². The Morgan fingerprint density at radius 2 is 1.95 bits per heavy atom. The maximum absolute atomic E-state index is 12.3. The summed E-state index contributed by atoms with van der Waals surface area (Å²) in [6, 6.07) is 11.3. The highest BCUT2D eigenvalue weighted by atomic mass is 35.5. The molecule has 0 bridgehead atoms. The fourth-order valence-electron chi connectivity index (χ4n) is 2.17. The highest BCUT2D eigenvalue weighted by molar-refractivity contribution is 6.30. The molecule has 0 saturated carbocycles. The van der Waals surface area contributed by atoms with Crippen LogP contribution in [0.1, 0.15) is 31.4 Å². The average Bonchev–Trinajstić information content (AvgIpc) is 2.52. The fourth-order valence-corrected chi connectivity index (χ4v) is 2.36. The van der Waals surface area contributed by atoms with Gasteiger partial charge in [0, 0.05) is 17.4 Å². The number of rotatable bonds is 6. The zero-order valence-electron chi connectivity index (χ0n) is 12.9. The Hall–Kier alpha value is -1.87. The number of esters is 1. The van der Waals surface area contributed by atoms with Gasteiger partial charge in [0.25, 0.3) is 0 Å². The molecule has 0 radical (unpaired) electrons. The van der Waals surface area contributed by atoms with Crippen molar-refractivity contribution in [2.75, 3.05) is 6.61 Å². The van der Waals surface area contributed by atoms with Gasteiger partial charge >= 0.3 is 5.97 Å². The van der Waals surface area contributed by atoms with Crippen LogP contribution in [0.4, 0.5) is 0 Å². The number of benzene rings is 1. The van der Waals surface area contributed by atoms with Gasteiger partial charge in [-0.1, -0.05) is 23.7 Å². The topological polar surface area (TPSA) is 39.2 Å². The molecule has 0 aliphatic carbocycles. The van der Waals surface area contributed by atoms with Gasteiger partial charge < -0.3 is 4.74 Å². The summed E-state index contributed by atoms with van der Waals surface area (Å²) in [5.41, 5.74) is 1.35. The first-order chi connectivity index (χ1) is 10.5. The summed E-state index contributed by atoms with van der Waals surface area (Å²) in [5, 5.41) is 0.621. The van der Waals surface area contributed by atoms with Gasteiger partial charge in [0.15, 0.2) is 0 Å². The molecule has 3 nitrogen and oxygen atoms in total. The average molecular weight is 318 g/mol. The third-order valence-electron chi connectivity index (χ3n) is 3.65. The summed E-state index contributed by atoms with van der Waals surface area (Å²) in [5.74, 6) is -0.232. The third kappa shape index (κ3) is 4.31. The van der Waals surface area contributed by atoms with Crippen LogP contribution in [0.5, 0.6) is 0 Å². The Labute approximate surface area is 136 Å². The molecule has 0 aliphatic rings. The van der Waals surface area contributed by atoms with E-state index in [1.165, 1.54) is 5.56 Å². The van der Waals surface area contributed by atoms with E-state index in [0.29, 0.717) is 11.6 Å². The highest BCUT2D eigenvalue weighted by Gasteiger charge is 2.31. The molecule has 0 fully saturated rings. The molecule has 1 heterocycles. The zero-order valence-corrected chi connectivity index (χ0v) is 13.6. The van der Waals surface area contributed by atoms with Crippen LogP contribution < -0.4 is 0 Å². The summed E-state index contributed by atoms with van der Waals surface area (Å²) in [6.45, 7) is 4.11. The predicted octanol–water partition coefficient (Wildman–Crippen LogP) is 4.19. The Kier molecular flexibility index (Phi) is 5.56. The second-order valence-corrected chi connectivity index (χ2v) is 6.17. The van der Waals surface area contributed by atoms with Gasteiger partial charge in [-0.15, -0.1) is 0 Å². The lowest BCUT2D eigenvalue weighted by atomic mass is 9.85. The van der Waals surface area contributed by atoms with Crippen molar-refractivity contribution in [1.29, 1.82) is 0 Å². The second kappa shape index (κ2) is 7.41. The van der Waals surface area contributed by atoms with Gasteiger partial charge in [-0.2, -0.15) is 0 Å². The SMILES string of the molecule is CC(C)(C(=O)OCCCc1ccncc1)c1cccc(Cl)c1. The molecule has 0 amide bonds. The number of nitrogens with zero attached hydrogens (tertiary/aromatic N) is 1. The summed E-state index contributed by atoms with van der Waals surface area (Å²) in [6.07, 6.45) is 5.20. The molecular weight excluding hydrogens is 298 g/mol. The van der Waals surface area contributed by atoms with Gasteiger partial charge in [-0.25, -0.2) is 0 Å². The molecule has 4 heteroatoms. The highest BCUT2D eigenvalue weighted by Crippen LogP contribution is 2.27. The molecule has 0 atom stereocenters. The maximum atomic E-state index is 12.3. The first-order valence-electron chi connectivity index (χ1n) is 7.32. The van der Waals surface area contributed by atoms with E-state index in [-0.39, 0.29) is 5.97 Å². The number of ether oxygens (including phenoxy) is 1. The standard InChI is InChI=1S/C18H20ClNO2/c1-18(2,15-6-3-7-16(19)13-15)17(21)22-12-4-5-14-8-10-20-11-9-14/h3,6-11,13H,4-5,12H2,1-2H3. The molecular formula is C18H20ClNO2. The first-order valence-corrected chi connectivity index (χ1v) is 7.70. The molecule has 0 unspecified atom stereocenters. The van der Waals surface area contributed by atoms with E-state index >= 15 is 0 Å². The minimum Gasteiger partial charge on any atom is -0.465 e. The van der Waals surface area contributed by atoms with Gasteiger partial charge in [0.2, 0.25) is 0 Å². The number of carbonyl (C=O) groups is 1. The number of aryl methyl sites for hydroxylation is 1.